The van der Waals surface area contributed by atoms with E-state index in [0.29, 0.717) is 31.7 Å². The summed E-state index contributed by atoms with van der Waals surface area (Å²) < 4.78 is 26.1. The maximum atomic E-state index is 13.0. The molecule has 1 aromatic rings. The normalized spacial score (nSPS) is 11.5. The van der Waals surface area contributed by atoms with Crippen molar-refractivity contribution in [2.24, 2.45) is 5.73 Å². The van der Waals surface area contributed by atoms with Gasteiger partial charge in [0.25, 0.3) is 0 Å². The fourth-order valence-electron chi connectivity index (χ4n) is 1.98. The molecule has 0 aliphatic carbocycles. The van der Waals surface area contributed by atoms with Crippen molar-refractivity contribution in [3.05, 3.63) is 35.4 Å². The predicted molar refractivity (Wildman–Crippen MR) is 75.3 cm³/mol. The Labute approximate surface area is 127 Å². The molecule has 0 saturated carbocycles. The van der Waals surface area contributed by atoms with Crippen molar-refractivity contribution in [2.45, 2.75) is 38.1 Å². The predicted octanol–water partition coefficient (Wildman–Crippen LogP) is 1.56. The number of carbonyl (C=O) groups excluding carboxylic acids is 2. The van der Waals surface area contributed by atoms with Gasteiger partial charge in [0.15, 0.2) is 0 Å². The van der Waals surface area contributed by atoms with Gasteiger partial charge in [0.05, 0.1) is 12.5 Å². The summed E-state index contributed by atoms with van der Waals surface area (Å²) in [5.41, 5.74) is 5.37. The van der Waals surface area contributed by atoms with Gasteiger partial charge >= 0.3 is 0 Å². The molecule has 5 nitrogen and oxygen atoms in total. The zero-order chi connectivity index (χ0) is 16.5. The van der Waals surface area contributed by atoms with Crippen LogP contribution in [0.25, 0.3) is 0 Å². The van der Waals surface area contributed by atoms with E-state index in [4.69, 9.17) is 11.0 Å². The number of benzene rings is 1. The van der Waals surface area contributed by atoms with E-state index in [0.717, 1.165) is 12.1 Å². The molecule has 0 aliphatic heterocycles. The van der Waals surface area contributed by atoms with Gasteiger partial charge in [-0.3, -0.25) is 9.59 Å². The average molecular weight is 309 g/mol. The van der Waals surface area contributed by atoms with Crippen LogP contribution in [0, 0.1) is 23.0 Å². The number of amides is 2. The molecule has 22 heavy (non-hydrogen) atoms. The van der Waals surface area contributed by atoms with Gasteiger partial charge in [-0.1, -0.05) is 0 Å². The minimum atomic E-state index is -0.857. The number of rotatable bonds is 8. The van der Waals surface area contributed by atoms with Gasteiger partial charge in [-0.15, -0.1) is 0 Å². The van der Waals surface area contributed by atoms with Gasteiger partial charge in [-0.2, -0.15) is 5.26 Å². The SMILES string of the molecule is N#CCCCC[C@H](NC(=O)Cc1cc(F)cc(F)c1)C(N)=O. The highest BCUT2D eigenvalue weighted by Crippen LogP contribution is 2.09. The van der Waals surface area contributed by atoms with Crippen molar-refractivity contribution < 1.29 is 18.4 Å². The van der Waals surface area contributed by atoms with Crippen LogP contribution in [-0.2, 0) is 16.0 Å². The van der Waals surface area contributed by atoms with Crippen LogP contribution in [0.5, 0.6) is 0 Å². The van der Waals surface area contributed by atoms with Gasteiger partial charge in [0.1, 0.15) is 17.7 Å². The second-order valence-electron chi connectivity index (χ2n) is 4.88. The van der Waals surface area contributed by atoms with Gasteiger partial charge in [-0.25, -0.2) is 8.78 Å². The maximum absolute atomic E-state index is 13.0. The van der Waals surface area contributed by atoms with Crippen molar-refractivity contribution in [3.63, 3.8) is 0 Å². The number of carbonyl (C=O) groups is 2. The zero-order valence-corrected chi connectivity index (χ0v) is 11.9. The molecule has 1 aromatic carbocycles. The third kappa shape index (κ3) is 6.31. The second kappa shape index (κ2) is 8.72. The van der Waals surface area contributed by atoms with Crippen LogP contribution in [0.1, 0.15) is 31.2 Å². The molecule has 0 heterocycles. The number of hydrogen-bond acceptors (Lipinski definition) is 3. The van der Waals surface area contributed by atoms with Crippen molar-refractivity contribution in [1.29, 1.82) is 5.26 Å². The molecule has 0 unspecified atom stereocenters. The lowest BCUT2D eigenvalue weighted by molar-refractivity contribution is -0.127. The first-order chi connectivity index (χ1) is 10.4. The summed E-state index contributed by atoms with van der Waals surface area (Å²) in [6.07, 6.45) is 1.60. The lowest BCUT2D eigenvalue weighted by Crippen LogP contribution is -2.45. The minimum Gasteiger partial charge on any atom is -0.368 e. The van der Waals surface area contributed by atoms with Crippen molar-refractivity contribution >= 4 is 11.8 Å². The summed E-state index contributed by atoms with van der Waals surface area (Å²) in [5.74, 6) is -2.78. The Morgan fingerprint density at radius 1 is 1.23 bits per heavy atom. The largest absolute Gasteiger partial charge is 0.368 e. The van der Waals surface area contributed by atoms with Gasteiger partial charge in [-0.05, 0) is 37.0 Å². The van der Waals surface area contributed by atoms with Crippen LogP contribution < -0.4 is 11.1 Å². The zero-order valence-electron chi connectivity index (χ0n) is 11.9. The van der Waals surface area contributed by atoms with E-state index < -0.39 is 29.5 Å². The molecule has 1 atom stereocenters. The highest BCUT2D eigenvalue weighted by atomic mass is 19.1. The number of primary amides is 1. The van der Waals surface area contributed by atoms with Crippen molar-refractivity contribution in [3.8, 4) is 6.07 Å². The van der Waals surface area contributed by atoms with E-state index in [-0.39, 0.29) is 12.0 Å². The number of hydrogen-bond donors (Lipinski definition) is 2. The lowest BCUT2D eigenvalue weighted by Gasteiger charge is -2.15. The fourth-order valence-corrected chi connectivity index (χ4v) is 1.98. The van der Waals surface area contributed by atoms with E-state index in [1.807, 2.05) is 6.07 Å². The summed E-state index contributed by atoms with van der Waals surface area (Å²) in [4.78, 5) is 23.1. The number of nitriles is 1. The molecule has 0 radical (unpaired) electrons. The Bertz CT molecular complexity index is 564. The maximum Gasteiger partial charge on any atom is 0.239 e. The standard InChI is InChI=1S/C15H17F2N3O2/c16-11-6-10(7-12(17)9-11)8-14(21)20-13(15(19)22)4-2-1-3-5-18/h6-7,9,13H,1-4,8H2,(H2,19,22)(H,20,21)/t13-/m0/s1. The average Bonchev–Trinajstić information content (AvgIpc) is 2.40. The van der Waals surface area contributed by atoms with Crippen molar-refractivity contribution in [2.75, 3.05) is 0 Å². The van der Waals surface area contributed by atoms with E-state index in [9.17, 15) is 18.4 Å². The number of unbranched alkanes of at least 4 members (excludes halogenated alkanes) is 2. The van der Waals surface area contributed by atoms with Crippen LogP contribution in [0.15, 0.2) is 18.2 Å². The molecule has 0 saturated heterocycles. The Kier molecular flexibility index (Phi) is 6.96. The van der Waals surface area contributed by atoms with Crippen LogP contribution >= 0.6 is 0 Å². The number of nitrogens with two attached hydrogens (primary N) is 1. The molecule has 0 bridgehead atoms. The van der Waals surface area contributed by atoms with E-state index >= 15 is 0 Å². The van der Waals surface area contributed by atoms with Crippen molar-refractivity contribution in [1.82, 2.24) is 5.32 Å². The fraction of sp³-hybridized carbons (Fsp3) is 0.400. The quantitative estimate of drug-likeness (QED) is 0.713. The van der Waals surface area contributed by atoms with E-state index in [2.05, 4.69) is 5.32 Å². The summed E-state index contributed by atoms with van der Waals surface area (Å²) in [5, 5.41) is 10.9. The monoisotopic (exact) mass is 309 g/mol. The lowest BCUT2D eigenvalue weighted by atomic mass is 10.1. The summed E-state index contributed by atoms with van der Waals surface area (Å²) in [6.45, 7) is 0. The van der Waals surface area contributed by atoms with E-state index in [1.54, 1.807) is 0 Å². The second-order valence-corrected chi connectivity index (χ2v) is 4.88. The Hall–Kier alpha value is -2.49. The molecule has 0 fully saturated rings. The summed E-state index contributed by atoms with van der Waals surface area (Å²) >= 11 is 0. The minimum absolute atomic E-state index is 0.169. The topological polar surface area (TPSA) is 96.0 Å². The number of nitrogens with one attached hydrogen (secondary N) is 1. The summed E-state index contributed by atoms with van der Waals surface area (Å²) in [6, 6.07) is 3.94. The van der Waals surface area contributed by atoms with Gasteiger partial charge in [0.2, 0.25) is 11.8 Å². The highest BCUT2D eigenvalue weighted by molar-refractivity contribution is 5.87. The first-order valence-electron chi connectivity index (χ1n) is 6.83. The smallest absolute Gasteiger partial charge is 0.239 e. The molecule has 2 amide bonds. The van der Waals surface area contributed by atoms with E-state index in [1.165, 1.54) is 0 Å². The molecule has 0 aliphatic rings. The third-order valence-electron chi connectivity index (χ3n) is 3.00. The first kappa shape index (κ1) is 17.6. The van der Waals surface area contributed by atoms with Gasteiger partial charge in [0, 0.05) is 12.5 Å². The van der Waals surface area contributed by atoms with Crippen LogP contribution in [0.3, 0.4) is 0 Å². The van der Waals surface area contributed by atoms with Crippen LogP contribution in [-0.4, -0.2) is 17.9 Å². The molecule has 0 aromatic heterocycles. The van der Waals surface area contributed by atoms with Gasteiger partial charge < -0.3 is 11.1 Å². The Balaban J connectivity index is 2.56. The Morgan fingerprint density at radius 2 is 1.86 bits per heavy atom. The summed E-state index contributed by atoms with van der Waals surface area (Å²) in [7, 11) is 0. The number of nitrogens with zero attached hydrogens (tertiary/aromatic N) is 1. The molecule has 118 valence electrons. The number of halogens is 2. The molecule has 0 spiro atoms. The molecular weight excluding hydrogens is 292 g/mol. The van der Waals surface area contributed by atoms with Crippen LogP contribution in [0.4, 0.5) is 8.78 Å². The first-order valence-corrected chi connectivity index (χ1v) is 6.83. The van der Waals surface area contributed by atoms with Crippen LogP contribution in [0.2, 0.25) is 0 Å². The molecule has 3 N–H and O–H groups in total. The molecular formula is C15H17F2N3O2. The Morgan fingerprint density at radius 3 is 2.41 bits per heavy atom. The molecule has 7 heteroatoms. The molecule has 1 rings (SSSR count). The highest BCUT2D eigenvalue weighted by Gasteiger charge is 2.18. The third-order valence-corrected chi connectivity index (χ3v) is 3.00.